The van der Waals surface area contributed by atoms with Crippen molar-refractivity contribution < 1.29 is 9.18 Å². The van der Waals surface area contributed by atoms with Crippen molar-refractivity contribution in [3.05, 3.63) is 76.1 Å². The third-order valence-corrected chi connectivity index (χ3v) is 3.89. The van der Waals surface area contributed by atoms with Crippen LogP contribution in [-0.2, 0) is 4.79 Å². The van der Waals surface area contributed by atoms with Crippen LogP contribution < -0.4 is 5.32 Å². The second-order valence-electron chi connectivity index (χ2n) is 5.70. The summed E-state index contributed by atoms with van der Waals surface area (Å²) in [5, 5.41) is 12.1. The fourth-order valence-corrected chi connectivity index (χ4v) is 2.37. The first-order valence-corrected chi connectivity index (χ1v) is 7.67. The van der Waals surface area contributed by atoms with Gasteiger partial charge in [-0.15, -0.1) is 0 Å². The van der Waals surface area contributed by atoms with Crippen LogP contribution in [-0.4, -0.2) is 5.91 Å². The number of rotatable bonds is 4. The lowest BCUT2D eigenvalue weighted by Gasteiger charge is -2.14. The van der Waals surface area contributed by atoms with Gasteiger partial charge in [-0.3, -0.25) is 4.79 Å². The third kappa shape index (κ3) is 3.88. The van der Waals surface area contributed by atoms with Gasteiger partial charge in [-0.05, 0) is 43.5 Å². The van der Waals surface area contributed by atoms with Gasteiger partial charge in [-0.1, -0.05) is 42.5 Å². The molecule has 1 N–H and O–H groups in total. The van der Waals surface area contributed by atoms with Crippen molar-refractivity contribution in [2.24, 2.45) is 0 Å². The maximum atomic E-state index is 14.3. The quantitative estimate of drug-likeness (QED) is 0.676. The second-order valence-corrected chi connectivity index (χ2v) is 5.70. The molecule has 0 radical (unpaired) electrons. The number of hydrogen-bond donors (Lipinski definition) is 1. The molecule has 2 rings (SSSR count). The molecule has 4 heteroatoms. The Balaban J connectivity index is 2.27. The Morgan fingerprint density at radius 2 is 1.79 bits per heavy atom. The lowest BCUT2D eigenvalue weighted by Crippen LogP contribution is -2.27. The first kappa shape index (κ1) is 17.4. The minimum atomic E-state index is -0.519. The minimum absolute atomic E-state index is 0.120. The molecule has 0 unspecified atom stereocenters. The van der Waals surface area contributed by atoms with Crippen LogP contribution in [0, 0.1) is 31.0 Å². The molecule has 0 aliphatic rings. The molecule has 3 nitrogen and oxygen atoms in total. The summed E-state index contributed by atoms with van der Waals surface area (Å²) in [6.07, 6.45) is 1.31. The van der Waals surface area contributed by atoms with Crippen LogP contribution in [0.3, 0.4) is 0 Å². The zero-order valence-corrected chi connectivity index (χ0v) is 13.9. The summed E-state index contributed by atoms with van der Waals surface area (Å²) in [5.41, 5.74) is 2.23. The molecule has 24 heavy (non-hydrogen) atoms. The summed E-state index contributed by atoms with van der Waals surface area (Å²) >= 11 is 0. The van der Waals surface area contributed by atoms with Gasteiger partial charge in [0.25, 0.3) is 5.91 Å². The zero-order valence-electron chi connectivity index (χ0n) is 13.9. The van der Waals surface area contributed by atoms with E-state index in [1.54, 1.807) is 26.0 Å². The Kier molecular flexibility index (Phi) is 5.49. The molecule has 1 amide bonds. The predicted octanol–water partition coefficient (Wildman–Crippen LogP) is 4.23. The summed E-state index contributed by atoms with van der Waals surface area (Å²) in [5.74, 6) is -0.930. The van der Waals surface area contributed by atoms with Gasteiger partial charge >= 0.3 is 0 Å². The lowest BCUT2D eigenvalue weighted by atomic mass is 10.0. The smallest absolute Gasteiger partial charge is 0.262 e. The van der Waals surface area contributed by atoms with Gasteiger partial charge < -0.3 is 5.32 Å². The average Bonchev–Trinajstić information content (AvgIpc) is 2.59. The van der Waals surface area contributed by atoms with Crippen molar-refractivity contribution in [2.75, 3.05) is 0 Å². The molecular weight excluding hydrogens is 303 g/mol. The Morgan fingerprint density at radius 3 is 2.42 bits per heavy atom. The van der Waals surface area contributed by atoms with E-state index in [-0.39, 0.29) is 17.2 Å². The van der Waals surface area contributed by atoms with E-state index in [4.69, 9.17) is 0 Å². The molecule has 0 spiro atoms. The number of amides is 1. The number of halogens is 1. The first-order chi connectivity index (χ1) is 11.4. The van der Waals surface area contributed by atoms with Gasteiger partial charge in [0.2, 0.25) is 0 Å². The summed E-state index contributed by atoms with van der Waals surface area (Å²) in [7, 11) is 0. The molecule has 1 atom stereocenters. The van der Waals surface area contributed by atoms with Crippen molar-refractivity contribution in [1.82, 2.24) is 5.32 Å². The van der Waals surface area contributed by atoms with Crippen LogP contribution in [0.5, 0.6) is 0 Å². The van der Waals surface area contributed by atoms with Gasteiger partial charge in [-0.2, -0.15) is 5.26 Å². The topological polar surface area (TPSA) is 52.9 Å². The van der Waals surface area contributed by atoms with Crippen molar-refractivity contribution in [3.8, 4) is 6.07 Å². The summed E-state index contributed by atoms with van der Waals surface area (Å²) in [6, 6.07) is 14.5. The molecule has 0 bridgehead atoms. The second kappa shape index (κ2) is 7.56. The number of aryl methyl sites for hydroxylation is 2. The Labute approximate surface area is 141 Å². The van der Waals surface area contributed by atoms with E-state index in [0.29, 0.717) is 11.1 Å². The molecule has 122 valence electrons. The van der Waals surface area contributed by atoms with E-state index in [1.165, 1.54) is 6.08 Å². The van der Waals surface area contributed by atoms with Crippen molar-refractivity contribution >= 4 is 12.0 Å². The summed E-state index contributed by atoms with van der Waals surface area (Å²) < 4.78 is 14.3. The van der Waals surface area contributed by atoms with E-state index < -0.39 is 11.7 Å². The molecular formula is C20H19FN2O. The highest BCUT2D eigenvalue weighted by Gasteiger charge is 2.15. The van der Waals surface area contributed by atoms with E-state index in [2.05, 4.69) is 5.32 Å². The molecule has 0 heterocycles. The maximum absolute atomic E-state index is 14.3. The van der Waals surface area contributed by atoms with Crippen LogP contribution in [0.1, 0.15) is 35.2 Å². The van der Waals surface area contributed by atoms with Crippen molar-refractivity contribution in [1.29, 1.82) is 5.26 Å². The van der Waals surface area contributed by atoms with Gasteiger partial charge in [0.15, 0.2) is 0 Å². The highest BCUT2D eigenvalue weighted by Crippen LogP contribution is 2.20. The zero-order chi connectivity index (χ0) is 17.7. The standard InChI is InChI=1S/C20H19FN2O/c1-13-9-10-14(2)19(21)18(13)11-17(12-22)20(24)23-15(3)16-7-5-4-6-8-16/h4-11,15H,1-3H3,(H,23,24)/b17-11+/t15-/m0/s1. The van der Waals surface area contributed by atoms with Crippen LogP contribution in [0.15, 0.2) is 48.0 Å². The molecule has 0 saturated carbocycles. The maximum Gasteiger partial charge on any atom is 0.262 e. The summed E-state index contributed by atoms with van der Waals surface area (Å²) in [4.78, 5) is 12.3. The molecule has 2 aromatic carbocycles. The largest absolute Gasteiger partial charge is 0.345 e. The number of nitriles is 1. The molecule has 0 saturated heterocycles. The normalized spacial score (nSPS) is 12.4. The third-order valence-electron chi connectivity index (χ3n) is 3.89. The molecule has 0 aliphatic carbocycles. The number of nitrogens with zero attached hydrogens (tertiary/aromatic N) is 1. The van der Waals surface area contributed by atoms with Crippen molar-refractivity contribution in [3.63, 3.8) is 0 Å². The average molecular weight is 322 g/mol. The van der Waals surface area contributed by atoms with E-state index in [0.717, 1.165) is 5.56 Å². The number of hydrogen-bond acceptors (Lipinski definition) is 2. The number of benzene rings is 2. The van der Waals surface area contributed by atoms with E-state index >= 15 is 0 Å². The van der Waals surface area contributed by atoms with Gasteiger partial charge in [0, 0.05) is 5.56 Å². The highest BCUT2D eigenvalue weighted by molar-refractivity contribution is 6.02. The van der Waals surface area contributed by atoms with Crippen LogP contribution in [0.25, 0.3) is 6.08 Å². The molecule has 0 fully saturated rings. The monoisotopic (exact) mass is 322 g/mol. The molecule has 0 aromatic heterocycles. The van der Waals surface area contributed by atoms with Crippen LogP contribution in [0.2, 0.25) is 0 Å². The number of nitrogens with one attached hydrogen (secondary N) is 1. The van der Waals surface area contributed by atoms with Gasteiger partial charge in [0.1, 0.15) is 17.5 Å². The van der Waals surface area contributed by atoms with Crippen LogP contribution in [0.4, 0.5) is 4.39 Å². The number of carbonyl (C=O) groups is 1. The lowest BCUT2D eigenvalue weighted by molar-refractivity contribution is -0.117. The fraction of sp³-hybridized carbons (Fsp3) is 0.200. The Morgan fingerprint density at radius 1 is 1.17 bits per heavy atom. The molecule has 0 aliphatic heterocycles. The van der Waals surface area contributed by atoms with Gasteiger partial charge in [-0.25, -0.2) is 4.39 Å². The Bertz CT molecular complexity index is 820. The van der Waals surface area contributed by atoms with E-state index in [9.17, 15) is 14.4 Å². The Hall–Kier alpha value is -2.93. The number of carbonyl (C=O) groups excluding carboxylic acids is 1. The van der Waals surface area contributed by atoms with Crippen molar-refractivity contribution in [2.45, 2.75) is 26.8 Å². The van der Waals surface area contributed by atoms with E-state index in [1.807, 2.05) is 43.3 Å². The first-order valence-electron chi connectivity index (χ1n) is 7.67. The van der Waals surface area contributed by atoms with Gasteiger partial charge in [0.05, 0.1) is 6.04 Å². The fourth-order valence-electron chi connectivity index (χ4n) is 2.37. The minimum Gasteiger partial charge on any atom is -0.345 e. The SMILES string of the molecule is Cc1ccc(C)c(/C=C(\C#N)C(=O)N[C@@H](C)c2ccccc2)c1F. The van der Waals surface area contributed by atoms with Crippen LogP contribution >= 0.6 is 0 Å². The molecule has 2 aromatic rings. The highest BCUT2D eigenvalue weighted by atomic mass is 19.1. The summed E-state index contributed by atoms with van der Waals surface area (Å²) in [6.45, 7) is 5.23. The predicted molar refractivity (Wildman–Crippen MR) is 92.5 cm³/mol.